The van der Waals surface area contributed by atoms with Crippen LogP contribution in [0.1, 0.15) is 25.5 Å². The second-order valence-electron chi connectivity index (χ2n) is 5.48. The molecule has 2 unspecified atom stereocenters. The molecule has 0 bridgehead atoms. The molecule has 1 aliphatic rings. The number of ether oxygens (including phenoxy) is 1. The summed E-state index contributed by atoms with van der Waals surface area (Å²) >= 11 is 0. The van der Waals surface area contributed by atoms with E-state index < -0.39 is 0 Å². The van der Waals surface area contributed by atoms with Crippen LogP contribution in [0.4, 0.5) is 0 Å². The Morgan fingerprint density at radius 1 is 1.29 bits per heavy atom. The molecule has 2 aromatic rings. The maximum Gasteiger partial charge on any atom is 0.117 e. The van der Waals surface area contributed by atoms with Crippen molar-refractivity contribution in [2.75, 3.05) is 13.2 Å². The highest BCUT2D eigenvalue weighted by molar-refractivity contribution is 5.60. The van der Waals surface area contributed by atoms with Crippen LogP contribution in [0.25, 0.3) is 11.3 Å². The average Bonchev–Trinajstić information content (AvgIpc) is 3.17. The quantitative estimate of drug-likeness (QED) is 0.856. The molecule has 0 aliphatic carbocycles. The van der Waals surface area contributed by atoms with Gasteiger partial charge in [0, 0.05) is 25.3 Å². The average molecular weight is 286 g/mol. The summed E-state index contributed by atoms with van der Waals surface area (Å²) in [5, 5.41) is 14.8. The molecule has 3 rings (SSSR count). The zero-order valence-electron chi connectivity index (χ0n) is 12.4. The van der Waals surface area contributed by atoms with Crippen molar-refractivity contribution in [1.29, 1.82) is 0 Å². The maximum atomic E-state index is 5.72. The smallest absolute Gasteiger partial charge is 0.117 e. The van der Waals surface area contributed by atoms with Crippen molar-refractivity contribution >= 4 is 0 Å². The van der Waals surface area contributed by atoms with Gasteiger partial charge < -0.3 is 10.1 Å². The normalized spacial score (nSPS) is 21.8. The molecule has 5 heteroatoms. The molecule has 112 valence electrons. The second kappa shape index (κ2) is 6.83. The molecular formula is C16H22N4O. The zero-order chi connectivity index (χ0) is 14.5. The van der Waals surface area contributed by atoms with Gasteiger partial charge in [0.15, 0.2) is 0 Å². The summed E-state index contributed by atoms with van der Waals surface area (Å²) in [6.45, 7) is 4.78. The lowest BCUT2D eigenvalue weighted by molar-refractivity contribution is 0.0872. The first-order valence-corrected chi connectivity index (χ1v) is 7.66. The molecule has 2 heterocycles. The molecule has 2 atom stereocenters. The van der Waals surface area contributed by atoms with Gasteiger partial charge in [0.05, 0.1) is 6.10 Å². The van der Waals surface area contributed by atoms with Gasteiger partial charge in [-0.25, -0.2) is 0 Å². The van der Waals surface area contributed by atoms with Crippen molar-refractivity contribution in [3.63, 3.8) is 0 Å². The number of rotatable bonds is 6. The van der Waals surface area contributed by atoms with Crippen molar-refractivity contribution in [3.05, 3.63) is 36.0 Å². The third kappa shape index (κ3) is 3.31. The monoisotopic (exact) mass is 286 g/mol. The molecule has 1 aromatic heterocycles. The Morgan fingerprint density at radius 3 is 2.95 bits per heavy atom. The highest BCUT2D eigenvalue weighted by atomic mass is 16.5. The van der Waals surface area contributed by atoms with Crippen molar-refractivity contribution in [1.82, 2.24) is 20.7 Å². The Labute approximate surface area is 125 Å². The fourth-order valence-electron chi connectivity index (χ4n) is 2.96. The lowest BCUT2D eigenvalue weighted by Gasteiger charge is -2.16. The van der Waals surface area contributed by atoms with Crippen LogP contribution in [-0.2, 0) is 11.3 Å². The topological polar surface area (TPSA) is 62.8 Å². The SMILES string of the molecule is CCC1OCCC1CNCc1n[nH]nc1-c1ccccc1. The molecule has 1 aromatic carbocycles. The van der Waals surface area contributed by atoms with E-state index in [9.17, 15) is 0 Å². The van der Waals surface area contributed by atoms with E-state index in [1.165, 1.54) is 0 Å². The lowest BCUT2D eigenvalue weighted by atomic mass is 9.99. The largest absolute Gasteiger partial charge is 0.378 e. The molecule has 2 N–H and O–H groups in total. The summed E-state index contributed by atoms with van der Waals surface area (Å²) in [7, 11) is 0. The third-order valence-corrected chi connectivity index (χ3v) is 4.12. The van der Waals surface area contributed by atoms with E-state index in [-0.39, 0.29) is 0 Å². The molecule has 1 saturated heterocycles. The molecule has 0 radical (unpaired) electrons. The molecular weight excluding hydrogens is 264 g/mol. The highest BCUT2D eigenvalue weighted by Crippen LogP contribution is 2.23. The van der Waals surface area contributed by atoms with Gasteiger partial charge in [-0.1, -0.05) is 37.3 Å². The van der Waals surface area contributed by atoms with Gasteiger partial charge in [-0.05, 0) is 18.8 Å². The van der Waals surface area contributed by atoms with Crippen LogP contribution in [0.3, 0.4) is 0 Å². The first-order valence-electron chi connectivity index (χ1n) is 7.66. The Kier molecular flexibility index (Phi) is 4.62. The lowest BCUT2D eigenvalue weighted by Crippen LogP contribution is -2.28. The van der Waals surface area contributed by atoms with Gasteiger partial charge in [0.25, 0.3) is 0 Å². The van der Waals surface area contributed by atoms with E-state index in [0.29, 0.717) is 12.0 Å². The molecule has 1 aliphatic heterocycles. The van der Waals surface area contributed by atoms with Gasteiger partial charge in [-0.3, -0.25) is 0 Å². The highest BCUT2D eigenvalue weighted by Gasteiger charge is 2.26. The molecule has 0 saturated carbocycles. The summed E-state index contributed by atoms with van der Waals surface area (Å²) in [5.74, 6) is 0.613. The van der Waals surface area contributed by atoms with Crippen LogP contribution < -0.4 is 5.32 Å². The maximum absolute atomic E-state index is 5.72. The third-order valence-electron chi connectivity index (χ3n) is 4.12. The van der Waals surface area contributed by atoms with Crippen LogP contribution >= 0.6 is 0 Å². The van der Waals surface area contributed by atoms with E-state index in [2.05, 4.69) is 39.8 Å². The second-order valence-corrected chi connectivity index (χ2v) is 5.48. The summed E-state index contributed by atoms with van der Waals surface area (Å²) < 4.78 is 5.72. The van der Waals surface area contributed by atoms with Gasteiger partial charge in [0.1, 0.15) is 11.4 Å². The van der Waals surface area contributed by atoms with Crippen LogP contribution in [-0.4, -0.2) is 34.7 Å². The number of benzene rings is 1. The number of aromatic amines is 1. The van der Waals surface area contributed by atoms with Crippen LogP contribution in [0.2, 0.25) is 0 Å². The number of H-pyrrole nitrogens is 1. The first kappa shape index (κ1) is 14.2. The summed E-state index contributed by atoms with van der Waals surface area (Å²) in [6, 6.07) is 10.1. The molecule has 1 fully saturated rings. The number of aromatic nitrogens is 3. The molecule has 5 nitrogen and oxygen atoms in total. The van der Waals surface area contributed by atoms with Crippen molar-refractivity contribution < 1.29 is 4.74 Å². The number of nitrogens with one attached hydrogen (secondary N) is 2. The Morgan fingerprint density at radius 2 is 2.14 bits per heavy atom. The minimum atomic E-state index is 0.406. The van der Waals surface area contributed by atoms with E-state index >= 15 is 0 Å². The number of nitrogens with zero attached hydrogens (tertiary/aromatic N) is 2. The fourth-order valence-corrected chi connectivity index (χ4v) is 2.96. The summed E-state index contributed by atoms with van der Waals surface area (Å²) in [4.78, 5) is 0. The van der Waals surface area contributed by atoms with Gasteiger partial charge in [-0.15, -0.1) is 0 Å². The van der Waals surface area contributed by atoms with Gasteiger partial charge >= 0.3 is 0 Å². The minimum absolute atomic E-state index is 0.406. The van der Waals surface area contributed by atoms with Crippen LogP contribution in [0, 0.1) is 5.92 Å². The summed E-state index contributed by atoms with van der Waals surface area (Å²) in [5.41, 5.74) is 2.99. The van der Waals surface area contributed by atoms with E-state index in [0.717, 1.165) is 49.5 Å². The summed E-state index contributed by atoms with van der Waals surface area (Å²) in [6.07, 6.45) is 2.64. The Hall–Kier alpha value is -1.72. The van der Waals surface area contributed by atoms with Crippen LogP contribution in [0.15, 0.2) is 30.3 Å². The molecule has 21 heavy (non-hydrogen) atoms. The molecule has 0 amide bonds. The van der Waals surface area contributed by atoms with Crippen molar-refractivity contribution in [3.8, 4) is 11.3 Å². The predicted octanol–water partition coefficient (Wildman–Crippen LogP) is 2.38. The van der Waals surface area contributed by atoms with E-state index in [1.54, 1.807) is 0 Å². The number of hydrogen-bond donors (Lipinski definition) is 2. The number of hydrogen-bond acceptors (Lipinski definition) is 4. The predicted molar refractivity (Wildman–Crippen MR) is 81.7 cm³/mol. The van der Waals surface area contributed by atoms with Crippen molar-refractivity contribution in [2.45, 2.75) is 32.4 Å². The Bertz CT molecular complexity index is 554. The van der Waals surface area contributed by atoms with Gasteiger partial charge in [0.2, 0.25) is 0 Å². The van der Waals surface area contributed by atoms with Crippen molar-refractivity contribution in [2.24, 2.45) is 5.92 Å². The van der Waals surface area contributed by atoms with E-state index in [4.69, 9.17) is 4.74 Å². The zero-order valence-corrected chi connectivity index (χ0v) is 12.4. The fraction of sp³-hybridized carbons (Fsp3) is 0.500. The standard InChI is InChI=1S/C16H22N4O/c1-2-15-13(8-9-21-15)10-17-11-14-16(19-20-18-14)12-6-4-3-5-7-12/h3-7,13,15,17H,2,8-11H2,1H3,(H,18,19,20). The Balaban J connectivity index is 1.58. The van der Waals surface area contributed by atoms with E-state index in [1.807, 2.05) is 18.2 Å². The first-order chi connectivity index (χ1) is 10.4. The molecule has 0 spiro atoms. The van der Waals surface area contributed by atoms with Crippen LogP contribution in [0.5, 0.6) is 0 Å². The minimum Gasteiger partial charge on any atom is -0.378 e. The van der Waals surface area contributed by atoms with Gasteiger partial charge in [-0.2, -0.15) is 15.4 Å².